The van der Waals surface area contributed by atoms with Gasteiger partial charge in [0.1, 0.15) is 12.2 Å². The lowest BCUT2D eigenvalue weighted by Gasteiger charge is -2.11. The van der Waals surface area contributed by atoms with Crippen LogP contribution in [0, 0.1) is 0 Å². The summed E-state index contributed by atoms with van der Waals surface area (Å²) in [4.78, 5) is 0. The van der Waals surface area contributed by atoms with Gasteiger partial charge in [0.25, 0.3) is 0 Å². The summed E-state index contributed by atoms with van der Waals surface area (Å²) >= 11 is 0. The smallest absolute Gasteiger partial charge is 0.146 e. The molecule has 0 fully saturated rings. The molecule has 80 valence electrons. The van der Waals surface area contributed by atoms with Crippen molar-refractivity contribution >= 4 is 10.8 Å². The molecule has 0 aromatic carbocycles. The first-order chi connectivity index (χ1) is 6.59. The van der Waals surface area contributed by atoms with Gasteiger partial charge in [-0.1, -0.05) is 0 Å². The highest BCUT2D eigenvalue weighted by Gasteiger charge is 2.05. The molecule has 0 spiro atoms. The summed E-state index contributed by atoms with van der Waals surface area (Å²) in [7, 11) is 1.15. The van der Waals surface area contributed by atoms with Gasteiger partial charge in [0, 0.05) is 35.9 Å². The topological polar surface area (TPSA) is 59.8 Å². The highest BCUT2D eigenvalue weighted by molar-refractivity contribution is 7.84. The van der Waals surface area contributed by atoms with Crippen LogP contribution in [0.1, 0.15) is 12.7 Å². The molecule has 1 rings (SSSR count). The molecule has 0 aliphatic carbocycles. The van der Waals surface area contributed by atoms with Gasteiger partial charge in [0.05, 0.1) is 6.54 Å². The van der Waals surface area contributed by atoms with E-state index >= 15 is 0 Å². The minimum Gasteiger partial charge on any atom is -0.320 e. The summed E-state index contributed by atoms with van der Waals surface area (Å²) in [6.45, 7) is 2.67. The Kier molecular flexibility index (Phi) is 4.21. The van der Waals surface area contributed by atoms with Gasteiger partial charge in [0.15, 0.2) is 0 Å². The van der Waals surface area contributed by atoms with Crippen LogP contribution in [-0.4, -0.2) is 37.0 Å². The van der Waals surface area contributed by atoms with Crippen LogP contribution in [0.5, 0.6) is 0 Å². The van der Waals surface area contributed by atoms with E-state index in [9.17, 15) is 4.21 Å². The van der Waals surface area contributed by atoms with Crippen LogP contribution in [0.2, 0.25) is 0 Å². The Balaban J connectivity index is 2.34. The number of nitrogens with zero attached hydrogens (tertiary/aromatic N) is 3. The van der Waals surface area contributed by atoms with Crippen LogP contribution in [0.15, 0.2) is 6.33 Å². The Labute approximate surface area is 86.4 Å². The molecule has 0 saturated carbocycles. The molecule has 1 aromatic heterocycles. The van der Waals surface area contributed by atoms with Crippen molar-refractivity contribution in [2.24, 2.45) is 7.05 Å². The minimum atomic E-state index is -0.755. The third-order valence-electron chi connectivity index (χ3n) is 1.90. The number of aromatic nitrogens is 3. The van der Waals surface area contributed by atoms with Crippen LogP contribution >= 0.6 is 0 Å². The largest absolute Gasteiger partial charge is 0.320 e. The fourth-order valence-electron chi connectivity index (χ4n) is 1.14. The summed E-state index contributed by atoms with van der Waals surface area (Å²) in [5.41, 5.74) is 0. The van der Waals surface area contributed by atoms with E-state index in [1.165, 1.54) is 0 Å². The first kappa shape index (κ1) is 11.3. The summed E-state index contributed by atoms with van der Waals surface area (Å²) in [6.07, 6.45) is 3.38. The molecule has 1 aromatic rings. The second-order valence-corrected chi connectivity index (χ2v) is 4.86. The van der Waals surface area contributed by atoms with Crippen LogP contribution in [-0.2, 0) is 24.4 Å². The number of rotatable bonds is 5. The molecule has 0 aliphatic rings. The molecule has 1 N–H and O–H groups in total. The highest BCUT2D eigenvalue weighted by Crippen LogP contribution is 1.93. The molecule has 14 heavy (non-hydrogen) atoms. The lowest BCUT2D eigenvalue weighted by molar-refractivity contribution is 0.561. The summed E-state index contributed by atoms with van der Waals surface area (Å²) in [5, 5.41) is 11.0. The number of hydrogen-bond acceptors (Lipinski definition) is 4. The third kappa shape index (κ3) is 3.55. The van der Waals surface area contributed by atoms with Crippen molar-refractivity contribution in [1.29, 1.82) is 0 Å². The predicted octanol–water partition coefficient (Wildman–Crippen LogP) is -0.328. The molecular weight excluding hydrogens is 200 g/mol. The Bertz CT molecular complexity index is 312. The second-order valence-electron chi connectivity index (χ2n) is 3.38. The van der Waals surface area contributed by atoms with Crippen molar-refractivity contribution in [1.82, 2.24) is 20.1 Å². The lowest BCUT2D eigenvalue weighted by atomic mass is 10.4. The molecule has 0 saturated heterocycles. The van der Waals surface area contributed by atoms with Crippen molar-refractivity contribution in [3.8, 4) is 0 Å². The SMILES string of the molecule is CC(CS(C)=O)NCc1nncn1C. The van der Waals surface area contributed by atoms with E-state index in [0.717, 1.165) is 5.82 Å². The van der Waals surface area contributed by atoms with Gasteiger partial charge in [-0.2, -0.15) is 0 Å². The summed E-state index contributed by atoms with van der Waals surface area (Å²) < 4.78 is 12.8. The van der Waals surface area contributed by atoms with E-state index in [0.29, 0.717) is 12.3 Å². The van der Waals surface area contributed by atoms with Gasteiger partial charge >= 0.3 is 0 Å². The molecule has 2 unspecified atom stereocenters. The van der Waals surface area contributed by atoms with E-state index < -0.39 is 10.8 Å². The Morgan fingerprint density at radius 3 is 2.93 bits per heavy atom. The van der Waals surface area contributed by atoms with E-state index in [1.807, 2.05) is 18.5 Å². The quantitative estimate of drug-likeness (QED) is 0.732. The molecule has 6 heteroatoms. The van der Waals surface area contributed by atoms with Crippen molar-refractivity contribution in [3.63, 3.8) is 0 Å². The predicted molar refractivity (Wildman–Crippen MR) is 56.2 cm³/mol. The Morgan fingerprint density at radius 1 is 1.71 bits per heavy atom. The fraction of sp³-hybridized carbons (Fsp3) is 0.750. The average molecular weight is 216 g/mol. The monoisotopic (exact) mass is 216 g/mol. The van der Waals surface area contributed by atoms with Gasteiger partial charge in [-0.3, -0.25) is 4.21 Å². The van der Waals surface area contributed by atoms with Crippen LogP contribution in [0.4, 0.5) is 0 Å². The molecule has 0 bridgehead atoms. The van der Waals surface area contributed by atoms with Crippen LogP contribution in [0.25, 0.3) is 0 Å². The van der Waals surface area contributed by atoms with Crippen LogP contribution < -0.4 is 5.32 Å². The van der Waals surface area contributed by atoms with Gasteiger partial charge in [-0.25, -0.2) is 0 Å². The van der Waals surface area contributed by atoms with Gasteiger partial charge < -0.3 is 9.88 Å². The van der Waals surface area contributed by atoms with E-state index in [-0.39, 0.29) is 6.04 Å². The molecule has 0 amide bonds. The second kappa shape index (κ2) is 5.21. The van der Waals surface area contributed by atoms with Crippen molar-refractivity contribution in [3.05, 3.63) is 12.2 Å². The Morgan fingerprint density at radius 2 is 2.43 bits per heavy atom. The fourth-order valence-corrected chi connectivity index (χ4v) is 1.97. The molecular formula is C8H16N4OS. The lowest BCUT2D eigenvalue weighted by Crippen LogP contribution is -2.31. The number of aryl methyl sites for hydroxylation is 1. The Hall–Kier alpha value is -0.750. The zero-order chi connectivity index (χ0) is 10.6. The van der Waals surface area contributed by atoms with Gasteiger partial charge in [0.2, 0.25) is 0 Å². The van der Waals surface area contributed by atoms with Crippen LogP contribution in [0.3, 0.4) is 0 Å². The maximum atomic E-state index is 10.9. The zero-order valence-electron chi connectivity index (χ0n) is 8.73. The highest BCUT2D eigenvalue weighted by atomic mass is 32.2. The standard InChI is InChI=1S/C8H16N4OS/c1-7(5-14(3)13)9-4-8-11-10-6-12(8)2/h6-7,9H,4-5H2,1-3H3. The van der Waals surface area contributed by atoms with Crippen molar-refractivity contribution < 1.29 is 4.21 Å². The van der Waals surface area contributed by atoms with E-state index in [4.69, 9.17) is 0 Å². The van der Waals surface area contributed by atoms with Crippen molar-refractivity contribution in [2.75, 3.05) is 12.0 Å². The normalized spacial score (nSPS) is 15.4. The number of nitrogens with one attached hydrogen (secondary N) is 1. The zero-order valence-corrected chi connectivity index (χ0v) is 9.54. The first-order valence-electron chi connectivity index (χ1n) is 4.46. The number of hydrogen-bond donors (Lipinski definition) is 1. The van der Waals surface area contributed by atoms with E-state index in [2.05, 4.69) is 15.5 Å². The molecule has 5 nitrogen and oxygen atoms in total. The minimum absolute atomic E-state index is 0.234. The molecule has 0 radical (unpaired) electrons. The van der Waals surface area contributed by atoms with Crippen molar-refractivity contribution in [2.45, 2.75) is 19.5 Å². The third-order valence-corrected chi connectivity index (χ3v) is 2.87. The van der Waals surface area contributed by atoms with Gasteiger partial charge in [-0.05, 0) is 6.92 Å². The van der Waals surface area contributed by atoms with Gasteiger partial charge in [-0.15, -0.1) is 10.2 Å². The maximum absolute atomic E-state index is 10.9. The average Bonchev–Trinajstić information content (AvgIpc) is 2.46. The summed E-state index contributed by atoms with van der Waals surface area (Å²) in [6, 6.07) is 0.234. The summed E-state index contributed by atoms with van der Waals surface area (Å²) in [5.74, 6) is 1.55. The van der Waals surface area contributed by atoms with E-state index in [1.54, 1.807) is 12.6 Å². The molecule has 0 aliphatic heterocycles. The maximum Gasteiger partial charge on any atom is 0.146 e. The molecule has 1 heterocycles. The first-order valence-corrected chi connectivity index (χ1v) is 6.18. The molecule has 2 atom stereocenters.